The molecule has 0 aliphatic carbocycles. The third-order valence-electron chi connectivity index (χ3n) is 1.88. The fourth-order valence-electron chi connectivity index (χ4n) is 1.12. The van der Waals surface area contributed by atoms with Crippen molar-refractivity contribution in [2.75, 3.05) is 0 Å². The number of nitrogens with two attached hydrogens (primary N) is 1. The molecule has 0 aliphatic rings. The van der Waals surface area contributed by atoms with Crippen LogP contribution in [0.3, 0.4) is 0 Å². The van der Waals surface area contributed by atoms with Crippen molar-refractivity contribution < 1.29 is 19.6 Å². The average molecular weight is 251 g/mol. The zero-order chi connectivity index (χ0) is 13.7. The molecule has 0 heterocycles. The quantitative estimate of drug-likeness (QED) is 0.408. The fourth-order valence-corrected chi connectivity index (χ4v) is 1.12. The number of nitrogens with zero attached hydrogens (tertiary/aromatic N) is 1. The summed E-state index contributed by atoms with van der Waals surface area (Å²) in [5.74, 6) is -1.03. The molecule has 0 aliphatic heterocycles. The highest BCUT2D eigenvalue weighted by Crippen LogP contribution is 2.23. The van der Waals surface area contributed by atoms with Crippen LogP contribution in [0.5, 0.6) is 5.75 Å². The highest BCUT2D eigenvalue weighted by atomic mass is 16.6. The predicted octanol–water partition coefficient (Wildman–Crippen LogP) is 0.508. The first kappa shape index (κ1) is 13.2. The maximum absolute atomic E-state index is 11.0. The van der Waals surface area contributed by atoms with Crippen molar-refractivity contribution in [3.8, 4) is 5.75 Å². The number of nitro groups is 1. The number of phenols is 1. The summed E-state index contributed by atoms with van der Waals surface area (Å²) >= 11 is 0. The smallest absolute Gasteiger partial charge is 0.319 e. The lowest BCUT2D eigenvalue weighted by atomic mass is 10.1. The molecule has 1 aromatic carbocycles. The minimum absolute atomic E-state index is 0.0730. The number of nitro benzene ring substituents is 1. The summed E-state index contributed by atoms with van der Waals surface area (Å²) in [5, 5.41) is 21.7. The average Bonchev–Trinajstić information content (AvgIpc) is 2.26. The first-order chi connectivity index (χ1) is 8.40. The van der Waals surface area contributed by atoms with E-state index in [9.17, 15) is 24.8 Å². The number of hydrogen-bond acceptors (Lipinski definition) is 5. The number of hydrogen-bond donors (Lipinski definition) is 3. The van der Waals surface area contributed by atoms with Crippen LogP contribution in [0, 0.1) is 10.1 Å². The van der Waals surface area contributed by atoms with Gasteiger partial charge >= 0.3 is 6.03 Å². The molecule has 4 N–H and O–H groups in total. The highest BCUT2D eigenvalue weighted by molar-refractivity contribution is 6.01. The molecule has 0 saturated heterocycles. The summed E-state index contributed by atoms with van der Waals surface area (Å²) in [6, 6.07) is 2.32. The summed E-state index contributed by atoms with van der Waals surface area (Å²) < 4.78 is 0. The molecule has 8 nitrogen and oxygen atoms in total. The van der Waals surface area contributed by atoms with Crippen LogP contribution < -0.4 is 11.1 Å². The minimum atomic E-state index is -1.02. The number of rotatable bonds is 3. The van der Waals surface area contributed by atoms with Crippen molar-refractivity contribution in [3.05, 3.63) is 40.0 Å². The molecular formula is C10H9N3O5. The van der Waals surface area contributed by atoms with Gasteiger partial charge in [-0.25, -0.2) is 4.79 Å². The van der Waals surface area contributed by atoms with Crippen molar-refractivity contribution in [2.45, 2.75) is 0 Å². The van der Waals surface area contributed by atoms with E-state index in [4.69, 9.17) is 5.73 Å². The second kappa shape index (κ2) is 5.43. The lowest BCUT2D eigenvalue weighted by Gasteiger charge is -1.99. The van der Waals surface area contributed by atoms with Gasteiger partial charge in [0.1, 0.15) is 5.75 Å². The Balaban J connectivity index is 2.93. The number of nitrogens with one attached hydrogen (secondary N) is 1. The van der Waals surface area contributed by atoms with E-state index in [-0.39, 0.29) is 17.0 Å². The third-order valence-corrected chi connectivity index (χ3v) is 1.88. The maximum Gasteiger partial charge on any atom is 0.319 e. The molecule has 0 saturated carbocycles. The van der Waals surface area contributed by atoms with Gasteiger partial charge in [-0.1, -0.05) is 0 Å². The number of aromatic hydroxyl groups is 1. The normalized spacial score (nSPS) is 10.2. The zero-order valence-corrected chi connectivity index (χ0v) is 8.99. The first-order valence-electron chi connectivity index (χ1n) is 4.66. The van der Waals surface area contributed by atoms with Crippen molar-refractivity contribution >= 4 is 23.7 Å². The number of primary amides is 1. The van der Waals surface area contributed by atoms with Gasteiger partial charge < -0.3 is 10.8 Å². The summed E-state index contributed by atoms with van der Waals surface area (Å²) in [4.78, 5) is 31.3. The monoisotopic (exact) mass is 251 g/mol. The molecule has 0 spiro atoms. The molecule has 94 valence electrons. The molecule has 18 heavy (non-hydrogen) atoms. The van der Waals surface area contributed by atoms with Crippen molar-refractivity contribution in [3.63, 3.8) is 0 Å². The van der Waals surface area contributed by atoms with E-state index in [2.05, 4.69) is 0 Å². The number of amides is 3. The molecular weight excluding hydrogens is 242 g/mol. The van der Waals surface area contributed by atoms with Crippen molar-refractivity contribution in [2.24, 2.45) is 5.73 Å². The summed E-state index contributed by atoms with van der Waals surface area (Å²) in [6.07, 6.45) is 2.05. The number of benzene rings is 1. The van der Waals surface area contributed by atoms with E-state index in [0.29, 0.717) is 0 Å². The van der Waals surface area contributed by atoms with E-state index in [1.54, 1.807) is 5.32 Å². The topological polar surface area (TPSA) is 136 Å². The molecule has 1 rings (SSSR count). The molecule has 3 amide bonds. The minimum Gasteiger partial charge on any atom is -0.507 e. The van der Waals surface area contributed by atoms with Crippen molar-refractivity contribution in [1.82, 2.24) is 5.32 Å². The van der Waals surface area contributed by atoms with E-state index < -0.39 is 16.9 Å². The van der Waals surface area contributed by atoms with E-state index >= 15 is 0 Å². The van der Waals surface area contributed by atoms with Crippen LogP contribution in [-0.2, 0) is 4.79 Å². The Labute approximate surface area is 101 Å². The second-order valence-electron chi connectivity index (χ2n) is 3.19. The Hall–Kier alpha value is -2.90. The highest BCUT2D eigenvalue weighted by Gasteiger charge is 2.08. The van der Waals surface area contributed by atoms with Crippen LogP contribution in [0.1, 0.15) is 5.56 Å². The number of non-ortho nitro benzene ring substituents is 1. The Morgan fingerprint density at radius 1 is 1.44 bits per heavy atom. The Morgan fingerprint density at radius 2 is 2.11 bits per heavy atom. The van der Waals surface area contributed by atoms with Gasteiger partial charge in [0.05, 0.1) is 4.92 Å². The molecule has 0 unspecified atom stereocenters. The van der Waals surface area contributed by atoms with E-state index in [1.807, 2.05) is 0 Å². The van der Waals surface area contributed by atoms with Gasteiger partial charge in [-0.05, 0) is 12.1 Å². The van der Waals surface area contributed by atoms with Crippen LogP contribution >= 0.6 is 0 Å². The van der Waals surface area contributed by atoms with E-state index in [0.717, 1.165) is 30.4 Å². The maximum atomic E-state index is 11.0. The first-order valence-corrected chi connectivity index (χ1v) is 4.66. The van der Waals surface area contributed by atoms with E-state index in [1.165, 1.54) is 0 Å². The molecule has 0 atom stereocenters. The van der Waals surface area contributed by atoms with Gasteiger partial charge in [0.15, 0.2) is 0 Å². The van der Waals surface area contributed by atoms with Gasteiger partial charge in [-0.15, -0.1) is 0 Å². The van der Waals surface area contributed by atoms with Crippen LogP contribution in [0.25, 0.3) is 6.08 Å². The molecule has 0 radical (unpaired) electrons. The lowest BCUT2D eigenvalue weighted by molar-refractivity contribution is -0.384. The summed E-state index contributed by atoms with van der Waals surface area (Å²) in [6.45, 7) is 0. The molecule has 0 fully saturated rings. The Kier molecular flexibility index (Phi) is 3.98. The van der Waals surface area contributed by atoms with Gasteiger partial charge in [-0.3, -0.25) is 20.2 Å². The van der Waals surface area contributed by atoms with Gasteiger partial charge in [0, 0.05) is 23.8 Å². The molecule has 0 aromatic heterocycles. The molecule has 1 aromatic rings. The number of urea groups is 1. The SMILES string of the molecule is NC(=O)NC(=O)C=Cc1cc([N+](=O)[O-])ccc1O. The number of carbonyl (C=O) groups is 2. The fraction of sp³-hybridized carbons (Fsp3) is 0. The standard InChI is InChI=1S/C10H9N3O5/c11-10(16)12-9(15)4-1-6-5-7(13(17)18)2-3-8(6)14/h1-5,14H,(H3,11,12,15,16). The predicted molar refractivity (Wildman–Crippen MR) is 61.5 cm³/mol. The van der Waals surface area contributed by atoms with Gasteiger partial charge in [0.25, 0.3) is 11.6 Å². The van der Waals surface area contributed by atoms with Crippen LogP contribution in [0.15, 0.2) is 24.3 Å². The number of carbonyl (C=O) groups excluding carboxylic acids is 2. The van der Waals surface area contributed by atoms with Crippen LogP contribution in [0.2, 0.25) is 0 Å². The Bertz CT molecular complexity index is 538. The number of phenolic OH excluding ortho intramolecular Hbond substituents is 1. The summed E-state index contributed by atoms with van der Waals surface area (Å²) in [5.41, 5.74) is 4.55. The van der Waals surface area contributed by atoms with Crippen LogP contribution in [-0.4, -0.2) is 22.0 Å². The van der Waals surface area contributed by atoms with Crippen molar-refractivity contribution in [1.29, 1.82) is 0 Å². The zero-order valence-electron chi connectivity index (χ0n) is 8.99. The molecule has 0 bridgehead atoms. The largest absolute Gasteiger partial charge is 0.507 e. The Morgan fingerprint density at radius 3 is 2.67 bits per heavy atom. The number of imide groups is 1. The van der Waals surface area contributed by atoms with Crippen LogP contribution in [0.4, 0.5) is 10.5 Å². The van der Waals surface area contributed by atoms with Gasteiger partial charge in [0.2, 0.25) is 0 Å². The lowest BCUT2D eigenvalue weighted by Crippen LogP contribution is -2.33. The van der Waals surface area contributed by atoms with Gasteiger partial charge in [-0.2, -0.15) is 0 Å². The third kappa shape index (κ3) is 3.59. The molecule has 8 heteroatoms. The summed E-state index contributed by atoms with van der Waals surface area (Å²) in [7, 11) is 0. The second-order valence-corrected chi connectivity index (χ2v) is 3.19.